The minimum absolute atomic E-state index is 0.130. The number of hydrogen-bond donors (Lipinski definition) is 1. The Morgan fingerprint density at radius 3 is 1.92 bits per heavy atom. The van der Waals surface area contributed by atoms with Crippen molar-refractivity contribution >= 4 is 12.1 Å². The van der Waals surface area contributed by atoms with Crippen LogP contribution in [0.2, 0.25) is 0 Å². The van der Waals surface area contributed by atoms with Crippen molar-refractivity contribution in [3.05, 3.63) is 83.9 Å². The van der Waals surface area contributed by atoms with Crippen LogP contribution in [0.15, 0.2) is 72.8 Å². The van der Waals surface area contributed by atoms with Gasteiger partial charge in [-0.1, -0.05) is 66.2 Å². The fourth-order valence-electron chi connectivity index (χ4n) is 2.28. The highest BCUT2D eigenvalue weighted by Crippen LogP contribution is 2.08. The number of nitrogens with one attached hydrogen (secondary N) is 1. The van der Waals surface area contributed by atoms with Gasteiger partial charge in [0.05, 0.1) is 0 Å². The second-order valence-electron chi connectivity index (χ2n) is 6.01. The summed E-state index contributed by atoms with van der Waals surface area (Å²) in [5.41, 5.74) is 2.50. The van der Waals surface area contributed by atoms with Gasteiger partial charge in [-0.05, 0) is 24.5 Å². The van der Waals surface area contributed by atoms with Crippen LogP contribution in [0, 0.1) is 0 Å². The standard InChI is InChI=1S/C21H23NO4/c1-16(2)13-19(20(23)25-14-17-9-5-3-6-10-17)22-21(24)26-15-18-11-7-4-8-12-18/h3-12,19H,1,13-15H2,2H3,(H,22,24)/t19-/m0/s1. The first-order valence-corrected chi connectivity index (χ1v) is 8.37. The normalized spacial score (nSPS) is 11.3. The molecule has 1 amide bonds. The number of rotatable bonds is 8. The molecule has 0 saturated carbocycles. The Morgan fingerprint density at radius 2 is 1.42 bits per heavy atom. The van der Waals surface area contributed by atoms with Crippen molar-refractivity contribution in [1.29, 1.82) is 0 Å². The van der Waals surface area contributed by atoms with Crippen molar-refractivity contribution < 1.29 is 19.1 Å². The van der Waals surface area contributed by atoms with Gasteiger partial charge in [-0.2, -0.15) is 0 Å². The zero-order valence-electron chi connectivity index (χ0n) is 14.8. The molecule has 0 aliphatic carbocycles. The molecule has 0 saturated heterocycles. The first-order chi connectivity index (χ1) is 12.5. The fraction of sp³-hybridized carbons (Fsp3) is 0.238. The van der Waals surface area contributed by atoms with Crippen molar-refractivity contribution in [2.45, 2.75) is 32.6 Å². The Morgan fingerprint density at radius 1 is 0.923 bits per heavy atom. The topological polar surface area (TPSA) is 64.6 Å². The predicted molar refractivity (Wildman–Crippen MR) is 99.2 cm³/mol. The maximum atomic E-state index is 12.3. The molecule has 2 rings (SSSR count). The van der Waals surface area contributed by atoms with Crippen LogP contribution in [0.3, 0.4) is 0 Å². The van der Waals surface area contributed by atoms with E-state index in [1.807, 2.05) is 60.7 Å². The van der Waals surface area contributed by atoms with E-state index in [-0.39, 0.29) is 19.6 Å². The van der Waals surface area contributed by atoms with Crippen molar-refractivity contribution in [3.63, 3.8) is 0 Å². The van der Waals surface area contributed by atoms with E-state index in [1.54, 1.807) is 6.92 Å². The van der Waals surface area contributed by atoms with Crippen molar-refractivity contribution in [1.82, 2.24) is 5.32 Å². The summed E-state index contributed by atoms with van der Waals surface area (Å²) in [5, 5.41) is 2.56. The van der Waals surface area contributed by atoms with Gasteiger partial charge < -0.3 is 14.8 Å². The van der Waals surface area contributed by atoms with E-state index in [0.717, 1.165) is 16.7 Å². The molecule has 0 bridgehead atoms. The number of amides is 1. The first kappa shape index (κ1) is 19.2. The molecule has 1 N–H and O–H groups in total. The van der Waals surface area contributed by atoms with E-state index in [0.29, 0.717) is 0 Å². The smallest absolute Gasteiger partial charge is 0.408 e. The Hall–Kier alpha value is -3.08. The van der Waals surface area contributed by atoms with Gasteiger partial charge in [-0.3, -0.25) is 0 Å². The minimum atomic E-state index is -0.834. The van der Waals surface area contributed by atoms with Crippen LogP contribution < -0.4 is 5.32 Å². The molecule has 0 fully saturated rings. The molecule has 5 nitrogen and oxygen atoms in total. The van der Waals surface area contributed by atoms with Crippen molar-refractivity contribution in [2.75, 3.05) is 0 Å². The summed E-state index contributed by atoms with van der Waals surface area (Å²) < 4.78 is 10.5. The average Bonchev–Trinajstić information content (AvgIpc) is 2.65. The molecule has 0 unspecified atom stereocenters. The molecular formula is C21H23NO4. The number of ether oxygens (including phenoxy) is 2. The highest BCUT2D eigenvalue weighted by molar-refractivity contribution is 5.81. The van der Waals surface area contributed by atoms with Crippen LogP contribution in [0.5, 0.6) is 0 Å². The molecule has 0 aliphatic heterocycles. The van der Waals surface area contributed by atoms with Crippen molar-refractivity contribution in [2.24, 2.45) is 0 Å². The Bertz CT molecular complexity index is 728. The monoisotopic (exact) mass is 353 g/mol. The van der Waals surface area contributed by atoms with E-state index >= 15 is 0 Å². The second kappa shape index (κ2) is 10.0. The highest BCUT2D eigenvalue weighted by atomic mass is 16.6. The maximum absolute atomic E-state index is 12.3. The lowest BCUT2D eigenvalue weighted by atomic mass is 10.1. The summed E-state index contributed by atoms with van der Waals surface area (Å²) in [6.45, 7) is 5.86. The van der Waals surface area contributed by atoms with Gasteiger partial charge in [0.2, 0.25) is 0 Å². The lowest BCUT2D eigenvalue weighted by Gasteiger charge is -2.17. The lowest BCUT2D eigenvalue weighted by Crippen LogP contribution is -2.42. The Labute approximate surface area is 153 Å². The van der Waals surface area contributed by atoms with Crippen LogP contribution >= 0.6 is 0 Å². The largest absolute Gasteiger partial charge is 0.459 e. The molecule has 1 atom stereocenters. The van der Waals surface area contributed by atoms with Crippen LogP contribution in [0.4, 0.5) is 4.79 Å². The van der Waals surface area contributed by atoms with E-state index in [2.05, 4.69) is 11.9 Å². The fourth-order valence-corrected chi connectivity index (χ4v) is 2.28. The third-order valence-electron chi connectivity index (χ3n) is 3.57. The quantitative estimate of drug-likeness (QED) is 0.576. The number of benzene rings is 2. The number of carbonyl (C=O) groups is 2. The molecule has 136 valence electrons. The van der Waals surface area contributed by atoms with Gasteiger partial charge in [0.1, 0.15) is 19.3 Å². The number of alkyl carbamates (subject to hydrolysis) is 1. The van der Waals surface area contributed by atoms with E-state index in [9.17, 15) is 9.59 Å². The number of carbonyl (C=O) groups excluding carboxylic acids is 2. The minimum Gasteiger partial charge on any atom is -0.459 e. The summed E-state index contributed by atoms with van der Waals surface area (Å²) >= 11 is 0. The molecule has 26 heavy (non-hydrogen) atoms. The van der Waals surface area contributed by atoms with Crippen LogP contribution in [0.1, 0.15) is 24.5 Å². The van der Waals surface area contributed by atoms with Crippen LogP contribution in [0.25, 0.3) is 0 Å². The summed E-state index contributed by atoms with van der Waals surface area (Å²) in [6.07, 6.45) is -0.384. The lowest BCUT2D eigenvalue weighted by molar-refractivity contribution is -0.147. The summed E-state index contributed by atoms with van der Waals surface area (Å²) in [5.74, 6) is -0.520. The van der Waals surface area contributed by atoms with Gasteiger partial charge in [0.25, 0.3) is 0 Å². The number of hydrogen-bond acceptors (Lipinski definition) is 4. The second-order valence-corrected chi connectivity index (χ2v) is 6.01. The van der Waals surface area contributed by atoms with Crippen molar-refractivity contribution in [3.8, 4) is 0 Å². The van der Waals surface area contributed by atoms with E-state index in [4.69, 9.17) is 9.47 Å². The molecule has 2 aromatic rings. The molecular weight excluding hydrogens is 330 g/mol. The van der Waals surface area contributed by atoms with Gasteiger partial charge in [0, 0.05) is 0 Å². The van der Waals surface area contributed by atoms with Gasteiger partial charge >= 0.3 is 12.1 Å². The SMILES string of the molecule is C=C(C)C[C@H](NC(=O)OCc1ccccc1)C(=O)OCc1ccccc1. The van der Waals surface area contributed by atoms with Gasteiger partial charge in [0.15, 0.2) is 0 Å². The molecule has 0 radical (unpaired) electrons. The highest BCUT2D eigenvalue weighted by Gasteiger charge is 2.23. The van der Waals surface area contributed by atoms with Crippen LogP contribution in [-0.4, -0.2) is 18.1 Å². The molecule has 0 aliphatic rings. The number of esters is 1. The predicted octanol–water partition coefficient (Wildman–Crippen LogP) is 3.99. The summed E-state index contributed by atoms with van der Waals surface area (Å²) in [6, 6.07) is 17.8. The third kappa shape index (κ3) is 6.81. The molecule has 0 aromatic heterocycles. The van der Waals surface area contributed by atoms with Crippen LogP contribution in [-0.2, 0) is 27.5 Å². The first-order valence-electron chi connectivity index (χ1n) is 8.37. The zero-order chi connectivity index (χ0) is 18.8. The van der Waals surface area contributed by atoms with Gasteiger partial charge in [-0.15, -0.1) is 6.58 Å². The summed E-state index contributed by atoms with van der Waals surface area (Å²) in [4.78, 5) is 24.3. The molecule has 2 aromatic carbocycles. The Kier molecular flexibility index (Phi) is 7.43. The maximum Gasteiger partial charge on any atom is 0.408 e. The molecule has 0 heterocycles. The third-order valence-corrected chi connectivity index (χ3v) is 3.57. The zero-order valence-corrected chi connectivity index (χ0v) is 14.8. The van der Waals surface area contributed by atoms with Gasteiger partial charge in [-0.25, -0.2) is 9.59 Å². The van der Waals surface area contributed by atoms with E-state index in [1.165, 1.54) is 0 Å². The summed E-state index contributed by atoms with van der Waals surface area (Å²) in [7, 11) is 0. The molecule has 5 heteroatoms. The Balaban J connectivity index is 1.87. The average molecular weight is 353 g/mol. The van der Waals surface area contributed by atoms with E-state index < -0.39 is 18.1 Å². The molecule has 0 spiro atoms.